The Morgan fingerprint density at radius 2 is 1.73 bits per heavy atom. The number of furan rings is 1. The molecule has 6 rings (SSSR count). The minimum Gasteiger partial charge on any atom is -0.456 e. The van der Waals surface area contributed by atoms with Crippen molar-refractivity contribution in [1.29, 1.82) is 0 Å². The first-order valence-corrected chi connectivity index (χ1v) is 9.44. The Bertz CT molecular complexity index is 1500. The number of fused-ring (bicyclic) bond motifs is 3. The Morgan fingerprint density at radius 1 is 0.833 bits per heavy atom. The summed E-state index contributed by atoms with van der Waals surface area (Å²) < 4.78 is 6.01. The van der Waals surface area contributed by atoms with E-state index in [0.717, 1.165) is 33.1 Å². The number of para-hydroxylation sites is 1. The molecule has 0 saturated carbocycles. The predicted molar refractivity (Wildman–Crippen MR) is 113 cm³/mol. The molecule has 7 heteroatoms. The zero-order chi connectivity index (χ0) is 19.9. The minimum atomic E-state index is 0.462. The van der Waals surface area contributed by atoms with Crippen LogP contribution < -0.4 is 0 Å². The van der Waals surface area contributed by atoms with Gasteiger partial charge in [0, 0.05) is 28.7 Å². The second-order valence-electron chi connectivity index (χ2n) is 6.83. The summed E-state index contributed by atoms with van der Waals surface area (Å²) >= 11 is 0. The first-order valence-electron chi connectivity index (χ1n) is 9.44. The minimum absolute atomic E-state index is 0.462. The van der Waals surface area contributed by atoms with Gasteiger partial charge in [0.2, 0.25) is 5.82 Å². The molecule has 0 saturated heterocycles. The van der Waals surface area contributed by atoms with Crippen molar-refractivity contribution in [3.8, 4) is 28.3 Å². The first kappa shape index (κ1) is 16.6. The Kier molecular flexibility index (Phi) is 3.64. The quantitative estimate of drug-likeness (QED) is 0.436. The molecule has 0 aliphatic heterocycles. The van der Waals surface area contributed by atoms with E-state index >= 15 is 0 Å². The summed E-state index contributed by atoms with van der Waals surface area (Å²) in [6.07, 6.45) is 5.24. The number of nitrogens with zero attached hydrogens (tertiary/aromatic N) is 6. The number of tetrazole rings is 1. The van der Waals surface area contributed by atoms with Gasteiger partial charge in [0.25, 0.3) is 0 Å². The Hall–Kier alpha value is -4.39. The van der Waals surface area contributed by atoms with Gasteiger partial charge in [-0.05, 0) is 41.1 Å². The lowest BCUT2D eigenvalue weighted by atomic mass is 10.0. The highest BCUT2D eigenvalue weighted by Gasteiger charge is 2.14. The van der Waals surface area contributed by atoms with Crippen LogP contribution in [-0.4, -0.2) is 30.2 Å². The highest BCUT2D eigenvalue weighted by molar-refractivity contribution is 6.12. The number of hydrogen-bond acceptors (Lipinski definition) is 6. The molecule has 0 aliphatic rings. The molecule has 0 unspecified atom stereocenters. The second kappa shape index (κ2) is 6.59. The number of rotatable bonds is 3. The topological polar surface area (TPSA) is 82.5 Å². The van der Waals surface area contributed by atoms with E-state index in [9.17, 15) is 0 Å². The van der Waals surface area contributed by atoms with Crippen molar-refractivity contribution in [1.82, 2.24) is 30.2 Å². The fourth-order valence-corrected chi connectivity index (χ4v) is 3.62. The fourth-order valence-electron chi connectivity index (χ4n) is 3.62. The maximum Gasteiger partial charge on any atom is 0.223 e. The number of aromatic nitrogens is 6. The third kappa shape index (κ3) is 2.64. The summed E-state index contributed by atoms with van der Waals surface area (Å²) in [7, 11) is 0. The highest BCUT2D eigenvalue weighted by atomic mass is 16.3. The largest absolute Gasteiger partial charge is 0.456 e. The smallest absolute Gasteiger partial charge is 0.223 e. The van der Waals surface area contributed by atoms with Crippen molar-refractivity contribution in [2.45, 2.75) is 0 Å². The summed E-state index contributed by atoms with van der Waals surface area (Å²) in [4.78, 5) is 10.2. The Morgan fingerprint density at radius 3 is 2.67 bits per heavy atom. The van der Waals surface area contributed by atoms with Crippen LogP contribution in [0.25, 0.3) is 50.3 Å². The number of pyridine rings is 2. The van der Waals surface area contributed by atoms with Crippen LogP contribution in [0.4, 0.5) is 0 Å². The number of benzene rings is 2. The van der Waals surface area contributed by atoms with Gasteiger partial charge in [-0.2, -0.15) is 0 Å². The molecule has 0 fully saturated rings. The first-order chi connectivity index (χ1) is 14.9. The van der Waals surface area contributed by atoms with Gasteiger partial charge in [0.05, 0.1) is 6.20 Å². The summed E-state index contributed by atoms with van der Waals surface area (Å²) in [6.45, 7) is 0. The maximum absolute atomic E-state index is 6.01. The van der Waals surface area contributed by atoms with Crippen LogP contribution in [0.15, 0.2) is 89.7 Å². The van der Waals surface area contributed by atoms with E-state index in [1.54, 1.807) is 12.4 Å². The normalized spacial score (nSPS) is 11.3. The molecular formula is C23H14N6O. The van der Waals surface area contributed by atoms with E-state index < -0.39 is 0 Å². The molecule has 30 heavy (non-hydrogen) atoms. The van der Waals surface area contributed by atoms with Gasteiger partial charge in [0.1, 0.15) is 22.5 Å². The fraction of sp³-hybridized carbons (Fsp3) is 0. The lowest BCUT2D eigenvalue weighted by Gasteiger charge is -2.05. The van der Waals surface area contributed by atoms with E-state index in [1.807, 2.05) is 60.8 Å². The van der Waals surface area contributed by atoms with Crippen LogP contribution in [0.5, 0.6) is 0 Å². The molecule has 0 N–H and O–H groups in total. The number of hydrogen-bond donors (Lipinski definition) is 0. The van der Waals surface area contributed by atoms with Gasteiger partial charge in [-0.15, -0.1) is 15.0 Å². The van der Waals surface area contributed by atoms with Crippen molar-refractivity contribution >= 4 is 21.9 Å². The molecule has 4 aromatic heterocycles. The molecule has 142 valence electrons. The average molecular weight is 390 g/mol. The van der Waals surface area contributed by atoms with Gasteiger partial charge in [-0.25, -0.2) is 0 Å². The van der Waals surface area contributed by atoms with Gasteiger partial charge in [-0.1, -0.05) is 36.4 Å². The van der Waals surface area contributed by atoms with Gasteiger partial charge in [-0.3, -0.25) is 9.97 Å². The van der Waals surface area contributed by atoms with E-state index in [0.29, 0.717) is 17.2 Å². The van der Waals surface area contributed by atoms with Crippen LogP contribution in [0.3, 0.4) is 0 Å². The van der Waals surface area contributed by atoms with E-state index in [2.05, 4.69) is 37.5 Å². The van der Waals surface area contributed by atoms with Gasteiger partial charge in [0.15, 0.2) is 0 Å². The molecule has 0 spiro atoms. The van der Waals surface area contributed by atoms with Crippen molar-refractivity contribution in [2.75, 3.05) is 0 Å². The van der Waals surface area contributed by atoms with E-state index in [1.165, 1.54) is 4.80 Å². The third-order valence-electron chi connectivity index (χ3n) is 4.98. The summed E-state index contributed by atoms with van der Waals surface area (Å²) in [5.41, 5.74) is 5.07. The lowest BCUT2D eigenvalue weighted by molar-refractivity contribution is 0.669. The zero-order valence-corrected chi connectivity index (χ0v) is 15.7. The zero-order valence-electron chi connectivity index (χ0n) is 15.7. The van der Waals surface area contributed by atoms with E-state index in [4.69, 9.17) is 4.42 Å². The highest BCUT2D eigenvalue weighted by Crippen LogP contribution is 2.36. The standard InChI is InChI=1S/C23H14N6O/c1-2-9-20-18(6-1)22-17(7-5-10-21(22)30-20)15-12-16(14-24-13-15)29-27-23(26-28-29)19-8-3-4-11-25-19/h1-14H. The van der Waals surface area contributed by atoms with Gasteiger partial charge >= 0.3 is 0 Å². The van der Waals surface area contributed by atoms with Crippen LogP contribution in [0, 0.1) is 0 Å². The van der Waals surface area contributed by atoms with Gasteiger partial charge < -0.3 is 4.42 Å². The van der Waals surface area contributed by atoms with Crippen molar-refractivity contribution < 1.29 is 4.42 Å². The second-order valence-corrected chi connectivity index (χ2v) is 6.83. The SMILES string of the molecule is c1ccc(-c2nnn(-c3cncc(-c4cccc5oc6ccccc6c45)c3)n2)nc1. The molecule has 0 aliphatic carbocycles. The summed E-state index contributed by atoms with van der Waals surface area (Å²) in [5, 5.41) is 14.9. The Labute approximate surface area is 170 Å². The van der Waals surface area contributed by atoms with Crippen LogP contribution >= 0.6 is 0 Å². The molecule has 0 amide bonds. The average Bonchev–Trinajstić information content (AvgIpc) is 3.45. The summed E-state index contributed by atoms with van der Waals surface area (Å²) in [6, 6.07) is 21.7. The molecule has 0 atom stereocenters. The molecular weight excluding hydrogens is 376 g/mol. The van der Waals surface area contributed by atoms with E-state index in [-0.39, 0.29) is 0 Å². The molecule has 6 aromatic rings. The maximum atomic E-state index is 6.01. The molecule has 0 bridgehead atoms. The van der Waals surface area contributed by atoms with Crippen LogP contribution in [-0.2, 0) is 0 Å². The van der Waals surface area contributed by atoms with Crippen molar-refractivity contribution in [2.24, 2.45) is 0 Å². The third-order valence-corrected chi connectivity index (χ3v) is 4.98. The molecule has 4 heterocycles. The lowest BCUT2D eigenvalue weighted by Crippen LogP contribution is -2.00. The van der Waals surface area contributed by atoms with Crippen molar-refractivity contribution in [3.63, 3.8) is 0 Å². The molecule has 0 radical (unpaired) electrons. The Balaban J connectivity index is 1.48. The summed E-state index contributed by atoms with van der Waals surface area (Å²) in [5.74, 6) is 0.462. The monoisotopic (exact) mass is 390 g/mol. The molecule has 2 aromatic carbocycles. The molecule has 7 nitrogen and oxygen atoms in total. The van der Waals surface area contributed by atoms with Crippen LogP contribution in [0.2, 0.25) is 0 Å². The predicted octanol–water partition coefficient (Wildman–Crippen LogP) is 4.69. The van der Waals surface area contributed by atoms with Crippen LogP contribution in [0.1, 0.15) is 0 Å². The van der Waals surface area contributed by atoms with Crippen molar-refractivity contribution in [3.05, 3.63) is 85.3 Å².